The van der Waals surface area contributed by atoms with Crippen LogP contribution in [0.25, 0.3) is 0 Å². The van der Waals surface area contributed by atoms with E-state index < -0.39 is 5.54 Å². The van der Waals surface area contributed by atoms with Gasteiger partial charge in [-0.15, -0.1) is 0 Å². The lowest BCUT2D eigenvalue weighted by Crippen LogP contribution is -2.40. The highest BCUT2D eigenvalue weighted by Gasteiger charge is 2.20. The number of hydrogen-bond donors (Lipinski definition) is 1. The number of ether oxygens (including phenoxy) is 1. The quantitative estimate of drug-likeness (QED) is 0.856. The molecule has 0 unspecified atom stereocenters. The molecule has 0 atom stereocenters. The molecule has 1 aromatic carbocycles. The third-order valence-electron chi connectivity index (χ3n) is 2.87. The Bertz CT molecular complexity index is 407. The van der Waals surface area contributed by atoms with Gasteiger partial charge in [0.15, 0.2) is 0 Å². The number of hydrogen-bond acceptors (Lipinski definition) is 3. The Hall–Kier alpha value is -1.55. The summed E-state index contributed by atoms with van der Waals surface area (Å²) >= 11 is 0. The zero-order valence-corrected chi connectivity index (χ0v) is 12.3. The summed E-state index contributed by atoms with van der Waals surface area (Å²) in [7, 11) is 1.64. The maximum absolute atomic E-state index is 12.1. The topological polar surface area (TPSA) is 55.6 Å². The highest BCUT2D eigenvalue weighted by Crippen LogP contribution is 2.14. The first-order chi connectivity index (χ1) is 8.85. The minimum atomic E-state index is -0.468. The average molecular weight is 264 g/mol. The first-order valence-corrected chi connectivity index (χ1v) is 6.55. The molecule has 106 valence electrons. The maximum atomic E-state index is 12.1. The standard InChI is InChI=1S/C15H24N2O2/c1-5-17(14(18)10-15(2,3)16)11-12-6-8-13(19-4)9-7-12/h6-9H,5,10-11,16H2,1-4H3. The lowest BCUT2D eigenvalue weighted by Gasteiger charge is -2.25. The van der Waals surface area contributed by atoms with Gasteiger partial charge in [0.1, 0.15) is 5.75 Å². The van der Waals surface area contributed by atoms with Crippen LogP contribution in [0.4, 0.5) is 0 Å². The molecule has 0 aliphatic carbocycles. The third kappa shape index (κ3) is 5.30. The number of rotatable bonds is 6. The highest BCUT2D eigenvalue weighted by atomic mass is 16.5. The van der Waals surface area contributed by atoms with E-state index in [0.29, 0.717) is 19.5 Å². The molecule has 1 amide bonds. The zero-order chi connectivity index (χ0) is 14.5. The van der Waals surface area contributed by atoms with Gasteiger partial charge in [-0.2, -0.15) is 0 Å². The molecule has 19 heavy (non-hydrogen) atoms. The fraction of sp³-hybridized carbons (Fsp3) is 0.533. The summed E-state index contributed by atoms with van der Waals surface area (Å²) in [5.74, 6) is 0.909. The van der Waals surface area contributed by atoms with Crippen molar-refractivity contribution in [3.05, 3.63) is 29.8 Å². The minimum Gasteiger partial charge on any atom is -0.497 e. The predicted molar refractivity (Wildman–Crippen MR) is 77.0 cm³/mol. The molecule has 0 saturated carbocycles. The average Bonchev–Trinajstić information content (AvgIpc) is 2.34. The third-order valence-corrected chi connectivity index (χ3v) is 2.87. The van der Waals surface area contributed by atoms with Gasteiger partial charge in [-0.3, -0.25) is 4.79 Å². The van der Waals surface area contributed by atoms with Crippen molar-refractivity contribution in [3.8, 4) is 5.75 Å². The zero-order valence-electron chi connectivity index (χ0n) is 12.3. The molecule has 2 N–H and O–H groups in total. The van der Waals surface area contributed by atoms with Crippen LogP contribution in [-0.4, -0.2) is 30.0 Å². The van der Waals surface area contributed by atoms with Gasteiger partial charge < -0.3 is 15.4 Å². The summed E-state index contributed by atoms with van der Waals surface area (Å²) in [6.07, 6.45) is 0.358. The van der Waals surface area contributed by atoms with Gasteiger partial charge in [0.25, 0.3) is 0 Å². The van der Waals surface area contributed by atoms with Crippen molar-refractivity contribution in [2.24, 2.45) is 5.73 Å². The summed E-state index contributed by atoms with van der Waals surface area (Å²) in [5, 5.41) is 0. The van der Waals surface area contributed by atoms with Crippen LogP contribution in [0.2, 0.25) is 0 Å². The molecule has 0 aliphatic heterocycles. The fourth-order valence-electron chi connectivity index (χ4n) is 1.83. The summed E-state index contributed by atoms with van der Waals surface area (Å²) < 4.78 is 5.12. The largest absolute Gasteiger partial charge is 0.497 e. The van der Waals surface area contributed by atoms with Crippen molar-refractivity contribution in [3.63, 3.8) is 0 Å². The molecular formula is C15H24N2O2. The van der Waals surface area contributed by atoms with E-state index >= 15 is 0 Å². The maximum Gasteiger partial charge on any atom is 0.224 e. The van der Waals surface area contributed by atoms with E-state index in [4.69, 9.17) is 10.5 Å². The van der Waals surface area contributed by atoms with Crippen LogP contribution in [-0.2, 0) is 11.3 Å². The molecule has 1 aromatic rings. The normalized spacial score (nSPS) is 11.2. The Morgan fingerprint density at radius 2 is 1.89 bits per heavy atom. The first-order valence-electron chi connectivity index (χ1n) is 6.55. The molecule has 4 heteroatoms. The van der Waals surface area contributed by atoms with E-state index in [1.807, 2.05) is 49.9 Å². The Kier molecular flexibility index (Phi) is 5.36. The van der Waals surface area contributed by atoms with Crippen LogP contribution < -0.4 is 10.5 Å². The molecule has 0 aromatic heterocycles. The number of amides is 1. The van der Waals surface area contributed by atoms with Gasteiger partial charge in [-0.25, -0.2) is 0 Å². The van der Waals surface area contributed by atoms with E-state index in [2.05, 4.69) is 0 Å². The number of carbonyl (C=O) groups is 1. The van der Waals surface area contributed by atoms with Crippen molar-refractivity contribution >= 4 is 5.91 Å². The minimum absolute atomic E-state index is 0.0887. The van der Waals surface area contributed by atoms with E-state index in [1.165, 1.54) is 0 Å². The lowest BCUT2D eigenvalue weighted by atomic mass is 10.0. The van der Waals surface area contributed by atoms with Crippen molar-refractivity contribution in [1.82, 2.24) is 4.90 Å². The van der Waals surface area contributed by atoms with Crippen molar-refractivity contribution in [2.75, 3.05) is 13.7 Å². The van der Waals surface area contributed by atoms with Crippen LogP contribution in [0.5, 0.6) is 5.75 Å². The highest BCUT2D eigenvalue weighted by molar-refractivity contribution is 5.77. The molecule has 4 nitrogen and oxygen atoms in total. The van der Waals surface area contributed by atoms with Crippen molar-refractivity contribution < 1.29 is 9.53 Å². The number of nitrogens with zero attached hydrogens (tertiary/aromatic N) is 1. The fourth-order valence-corrected chi connectivity index (χ4v) is 1.83. The van der Waals surface area contributed by atoms with E-state index in [9.17, 15) is 4.79 Å². The van der Waals surface area contributed by atoms with Crippen LogP contribution >= 0.6 is 0 Å². The van der Waals surface area contributed by atoms with Gasteiger partial charge in [0.2, 0.25) is 5.91 Å². The molecule has 1 rings (SSSR count). The van der Waals surface area contributed by atoms with Gasteiger partial charge in [-0.05, 0) is 38.5 Å². The van der Waals surface area contributed by atoms with Crippen molar-refractivity contribution in [1.29, 1.82) is 0 Å². The smallest absolute Gasteiger partial charge is 0.224 e. The number of methoxy groups -OCH3 is 1. The molecule has 0 aliphatic rings. The van der Waals surface area contributed by atoms with Crippen LogP contribution in [0.15, 0.2) is 24.3 Å². The van der Waals surface area contributed by atoms with Gasteiger partial charge in [0.05, 0.1) is 7.11 Å². The molecule has 0 heterocycles. The summed E-state index contributed by atoms with van der Waals surface area (Å²) in [6, 6.07) is 7.76. The van der Waals surface area contributed by atoms with Crippen LogP contribution in [0.1, 0.15) is 32.8 Å². The monoisotopic (exact) mass is 264 g/mol. The first kappa shape index (κ1) is 15.5. The van der Waals surface area contributed by atoms with E-state index in [1.54, 1.807) is 7.11 Å². The Morgan fingerprint density at radius 3 is 2.32 bits per heavy atom. The second-order valence-electron chi connectivity index (χ2n) is 5.42. The second kappa shape index (κ2) is 6.57. The SMILES string of the molecule is CCN(Cc1ccc(OC)cc1)C(=O)CC(C)(C)N. The van der Waals surface area contributed by atoms with Gasteiger partial charge in [0, 0.05) is 25.0 Å². The second-order valence-corrected chi connectivity index (χ2v) is 5.42. The molecule has 0 fully saturated rings. The molecule has 0 saturated heterocycles. The molecule has 0 spiro atoms. The predicted octanol–water partition coefficient (Wildman–Crippen LogP) is 2.17. The number of benzene rings is 1. The molecular weight excluding hydrogens is 240 g/mol. The lowest BCUT2D eigenvalue weighted by molar-refractivity contribution is -0.132. The van der Waals surface area contributed by atoms with Crippen LogP contribution in [0.3, 0.4) is 0 Å². The Morgan fingerprint density at radius 1 is 1.32 bits per heavy atom. The Balaban J connectivity index is 2.67. The number of carbonyl (C=O) groups excluding carboxylic acids is 1. The van der Waals surface area contributed by atoms with Gasteiger partial charge in [-0.1, -0.05) is 12.1 Å². The van der Waals surface area contributed by atoms with E-state index in [0.717, 1.165) is 11.3 Å². The van der Waals surface area contributed by atoms with E-state index in [-0.39, 0.29) is 5.91 Å². The van der Waals surface area contributed by atoms with Crippen LogP contribution in [0, 0.1) is 0 Å². The summed E-state index contributed by atoms with van der Waals surface area (Å²) in [5.41, 5.74) is 6.52. The molecule has 0 bridgehead atoms. The van der Waals surface area contributed by atoms with Gasteiger partial charge >= 0.3 is 0 Å². The summed E-state index contributed by atoms with van der Waals surface area (Å²) in [6.45, 7) is 7.00. The summed E-state index contributed by atoms with van der Waals surface area (Å²) in [4.78, 5) is 14.0. The number of nitrogens with two attached hydrogens (primary N) is 1. The Labute approximate surface area is 115 Å². The van der Waals surface area contributed by atoms with Crippen molar-refractivity contribution in [2.45, 2.75) is 39.3 Å². The molecule has 0 radical (unpaired) electrons.